The molecule has 1 atom stereocenters. The van der Waals surface area contributed by atoms with Crippen LogP contribution in [0.5, 0.6) is 0 Å². The number of rotatable bonds is 5. The average Bonchev–Trinajstić information content (AvgIpc) is 3.22. The molecule has 0 saturated carbocycles. The maximum atomic E-state index is 14.1. The van der Waals surface area contributed by atoms with Gasteiger partial charge in [-0.25, -0.2) is 9.59 Å². The van der Waals surface area contributed by atoms with Gasteiger partial charge in [0.25, 0.3) is 5.91 Å². The Kier molecular flexibility index (Phi) is 7.58. The molecule has 2 fully saturated rings. The smallest absolute Gasteiger partial charge is 0.340 e. The summed E-state index contributed by atoms with van der Waals surface area (Å²) in [5.74, 6) is -1.89. The largest absolute Gasteiger partial charge is 0.467 e. The number of methoxy groups -OCH3 is 2. The van der Waals surface area contributed by atoms with E-state index in [1.165, 1.54) is 19.1 Å². The minimum Gasteiger partial charge on any atom is -0.467 e. The summed E-state index contributed by atoms with van der Waals surface area (Å²) < 4.78 is 9.75. The predicted molar refractivity (Wildman–Crippen MR) is 144 cm³/mol. The standard InChI is InChI=1S/C28H31Cl2N3O5/c1-37-25(34)24(26(35)38-2)32-17-33(18-6-4-3-5-7-18)28(27(32)36)12-14-31(15-13-28)19-8-9-20-21(16-19)23(30)11-10-22(20)29/h3-7,10-11,19,24H,8-9,12-17H2,1-2H3. The summed E-state index contributed by atoms with van der Waals surface area (Å²) in [7, 11) is 2.40. The summed E-state index contributed by atoms with van der Waals surface area (Å²) in [4.78, 5) is 45.1. The van der Waals surface area contributed by atoms with Crippen LogP contribution in [0, 0.1) is 0 Å². The number of carbonyl (C=O) groups excluding carboxylic acids is 3. The first-order valence-corrected chi connectivity index (χ1v) is 13.6. The zero-order valence-corrected chi connectivity index (χ0v) is 23.0. The highest BCUT2D eigenvalue weighted by Gasteiger charge is 2.58. The van der Waals surface area contributed by atoms with E-state index in [1.54, 1.807) is 0 Å². The fourth-order valence-corrected chi connectivity index (χ4v) is 6.80. The summed E-state index contributed by atoms with van der Waals surface area (Å²) >= 11 is 13.0. The van der Waals surface area contributed by atoms with Gasteiger partial charge in [-0.15, -0.1) is 0 Å². The van der Waals surface area contributed by atoms with Gasteiger partial charge in [-0.3, -0.25) is 14.6 Å². The van der Waals surface area contributed by atoms with Gasteiger partial charge in [-0.2, -0.15) is 0 Å². The van der Waals surface area contributed by atoms with Crippen LogP contribution < -0.4 is 4.90 Å². The lowest BCUT2D eigenvalue weighted by atomic mass is 9.82. The maximum Gasteiger partial charge on any atom is 0.340 e. The Balaban J connectivity index is 1.41. The topological polar surface area (TPSA) is 79.4 Å². The Morgan fingerprint density at radius 1 is 0.947 bits per heavy atom. The van der Waals surface area contributed by atoms with Crippen molar-refractivity contribution in [2.75, 3.05) is 38.9 Å². The van der Waals surface area contributed by atoms with Gasteiger partial charge < -0.3 is 14.4 Å². The van der Waals surface area contributed by atoms with E-state index in [1.807, 2.05) is 47.4 Å². The van der Waals surface area contributed by atoms with Crippen molar-refractivity contribution in [2.45, 2.75) is 49.7 Å². The van der Waals surface area contributed by atoms with Crippen molar-refractivity contribution in [3.8, 4) is 0 Å². The molecule has 3 aliphatic rings. The number of carbonyl (C=O) groups is 3. The molecule has 0 aromatic heterocycles. The number of amides is 1. The molecule has 1 unspecified atom stereocenters. The van der Waals surface area contributed by atoms with Crippen LogP contribution in [0.3, 0.4) is 0 Å². The van der Waals surface area contributed by atoms with E-state index in [0.29, 0.717) is 32.0 Å². The number of ether oxygens (including phenoxy) is 2. The molecule has 2 aromatic carbocycles. The number of likely N-dealkylation sites (tertiary alicyclic amines) is 1. The second-order valence-corrected chi connectivity index (χ2v) is 10.9. The number of piperidine rings is 1. The van der Waals surface area contributed by atoms with E-state index in [0.717, 1.165) is 46.1 Å². The van der Waals surface area contributed by atoms with Crippen molar-refractivity contribution in [3.63, 3.8) is 0 Å². The zero-order chi connectivity index (χ0) is 27.0. The van der Waals surface area contributed by atoms with Crippen molar-refractivity contribution in [2.24, 2.45) is 0 Å². The number of fused-ring (bicyclic) bond motifs is 1. The quantitative estimate of drug-likeness (QED) is 0.408. The Morgan fingerprint density at radius 3 is 2.16 bits per heavy atom. The Morgan fingerprint density at radius 2 is 1.55 bits per heavy atom. The number of esters is 2. The van der Waals surface area contributed by atoms with Gasteiger partial charge in [0, 0.05) is 34.9 Å². The fraction of sp³-hybridized carbons (Fsp3) is 0.464. The van der Waals surface area contributed by atoms with E-state index >= 15 is 0 Å². The minimum absolute atomic E-state index is 0.0859. The molecule has 2 aliphatic heterocycles. The molecular formula is C28H31Cl2N3O5. The molecule has 0 radical (unpaired) electrons. The summed E-state index contributed by atoms with van der Waals surface area (Å²) in [5, 5.41) is 1.51. The monoisotopic (exact) mass is 559 g/mol. The number of anilines is 1. The van der Waals surface area contributed by atoms with Crippen LogP contribution >= 0.6 is 23.2 Å². The van der Waals surface area contributed by atoms with Crippen LogP contribution in [0.25, 0.3) is 0 Å². The van der Waals surface area contributed by atoms with Crippen LogP contribution in [0.2, 0.25) is 10.0 Å². The third-order valence-electron chi connectivity index (χ3n) is 8.32. The van der Waals surface area contributed by atoms with E-state index in [4.69, 9.17) is 32.7 Å². The van der Waals surface area contributed by atoms with Crippen LogP contribution in [0.15, 0.2) is 42.5 Å². The summed E-state index contributed by atoms with van der Waals surface area (Å²) in [6.45, 7) is 1.48. The Hall–Kier alpha value is -2.81. The van der Waals surface area contributed by atoms with Gasteiger partial charge in [-0.05, 0) is 67.5 Å². The highest BCUT2D eigenvalue weighted by molar-refractivity contribution is 6.34. The first-order valence-electron chi connectivity index (χ1n) is 12.8. The SMILES string of the molecule is COC(=O)C(C(=O)OC)N1CN(c2ccccc2)C2(CCN(C3CCc4c(Cl)ccc(Cl)c4C3)CC2)C1=O. The van der Waals surface area contributed by atoms with Gasteiger partial charge >= 0.3 is 11.9 Å². The van der Waals surface area contributed by atoms with Crippen LogP contribution in [-0.2, 0) is 36.7 Å². The van der Waals surface area contributed by atoms with E-state index < -0.39 is 23.5 Å². The molecule has 0 N–H and O–H groups in total. The first kappa shape index (κ1) is 26.8. The van der Waals surface area contributed by atoms with Crippen molar-refractivity contribution >= 4 is 46.7 Å². The maximum absolute atomic E-state index is 14.1. The molecule has 202 valence electrons. The molecule has 0 bridgehead atoms. The lowest BCUT2D eigenvalue weighted by Crippen LogP contribution is -2.59. The molecule has 2 saturated heterocycles. The van der Waals surface area contributed by atoms with Gasteiger partial charge in [0.15, 0.2) is 0 Å². The van der Waals surface area contributed by atoms with E-state index in [9.17, 15) is 14.4 Å². The van der Waals surface area contributed by atoms with Gasteiger partial charge in [0.05, 0.1) is 20.9 Å². The molecule has 2 aromatic rings. The van der Waals surface area contributed by atoms with Gasteiger partial charge in [-0.1, -0.05) is 41.4 Å². The highest BCUT2D eigenvalue weighted by Crippen LogP contribution is 2.42. The van der Waals surface area contributed by atoms with Gasteiger partial charge in [0.1, 0.15) is 5.54 Å². The second kappa shape index (κ2) is 10.8. The highest BCUT2D eigenvalue weighted by atomic mass is 35.5. The van der Waals surface area contributed by atoms with Crippen molar-refractivity contribution in [1.82, 2.24) is 9.80 Å². The number of benzene rings is 2. The third kappa shape index (κ3) is 4.52. The lowest BCUT2D eigenvalue weighted by Gasteiger charge is -2.46. The van der Waals surface area contributed by atoms with E-state index in [-0.39, 0.29) is 12.6 Å². The van der Waals surface area contributed by atoms with Crippen molar-refractivity contribution < 1.29 is 23.9 Å². The first-order chi connectivity index (χ1) is 18.3. The second-order valence-electron chi connectivity index (χ2n) is 10.1. The number of halogens is 2. The molecular weight excluding hydrogens is 529 g/mol. The van der Waals surface area contributed by atoms with Crippen LogP contribution in [-0.4, -0.2) is 79.2 Å². The summed E-state index contributed by atoms with van der Waals surface area (Å²) in [5.41, 5.74) is 2.23. The molecule has 10 heteroatoms. The number of para-hydroxylation sites is 1. The molecule has 8 nitrogen and oxygen atoms in total. The third-order valence-corrected chi connectivity index (χ3v) is 9.03. The number of hydrogen-bond donors (Lipinski definition) is 0. The summed E-state index contributed by atoms with van der Waals surface area (Å²) in [6.07, 6.45) is 3.76. The normalized spacial score (nSPS) is 21.1. The molecule has 1 aliphatic carbocycles. The summed E-state index contributed by atoms with van der Waals surface area (Å²) in [6, 6.07) is 12.2. The molecule has 1 amide bonds. The number of nitrogens with zero attached hydrogens (tertiary/aromatic N) is 3. The zero-order valence-electron chi connectivity index (χ0n) is 21.5. The molecule has 38 heavy (non-hydrogen) atoms. The van der Waals surface area contributed by atoms with Crippen LogP contribution in [0.1, 0.15) is 30.4 Å². The minimum atomic E-state index is -1.46. The average molecular weight is 560 g/mol. The lowest BCUT2D eigenvalue weighted by molar-refractivity contribution is -0.164. The van der Waals surface area contributed by atoms with Gasteiger partial charge in [0.2, 0.25) is 6.04 Å². The Bertz CT molecular complexity index is 1220. The Labute approximate surface area is 232 Å². The predicted octanol–water partition coefficient (Wildman–Crippen LogP) is 3.71. The number of hydrogen-bond acceptors (Lipinski definition) is 7. The van der Waals surface area contributed by atoms with Crippen molar-refractivity contribution in [1.29, 1.82) is 0 Å². The van der Waals surface area contributed by atoms with Crippen molar-refractivity contribution in [3.05, 3.63) is 63.6 Å². The molecule has 1 spiro atoms. The fourth-order valence-electron chi connectivity index (χ4n) is 6.27. The molecule has 2 heterocycles. The molecule has 5 rings (SSSR count). The van der Waals surface area contributed by atoms with Crippen LogP contribution in [0.4, 0.5) is 5.69 Å². The van der Waals surface area contributed by atoms with E-state index in [2.05, 4.69) is 4.90 Å².